The van der Waals surface area contributed by atoms with Crippen LogP contribution in [0.4, 0.5) is 0 Å². The topological polar surface area (TPSA) is 96.8 Å². The Labute approximate surface area is 156 Å². The quantitative estimate of drug-likeness (QED) is 0.744. The molecule has 3 aromatic rings. The summed E-state index contributed by atoms with van der Waals surface area (Å²) in [5.41, 5.74) is 3.53. The zero-order chi connectivity index (χ0) is 19.1. The molecule has 0 unspecified atom stereocenters. The van der Waals surface area contributed by atoms with Gasteiger partial charge in [-0.1, -0.05) is 0 Å². The number of hydrogen-bond acceptors (Lipinski definition) is 5. The average Bonchev–Trinajstić information content (AvgIpc) is 2.94. The molecule has 27 heavy (non-hydrogen) atoms. The molecule has 0 radical (unpaired) electrons. The normalized spacial score (nSPS) is 17.4. The largest absolute Gasteiger partial charge is 0.338 e. The second-order valence-corrected chi connectivity index (χ2v) is 7.15. The SMILES string of the molecule is Cc1cc(C(=O)N2CCC[C@H](c3cc(=O)[nH]cn3)C2)c2c(C)nn(C)c2n1. The van der Waals surface area contributed by atoms with E-state index in [1.54, 1.807) is 4.68 Å². The summed E-state index contributed by atoms with van der Waals surface area (Å²) in [4.78, 5) is 38.2. The summed E-state index contributed by atoms with van der Waals surface area (Å²) in [6.07, 6.45) is 3.22. The van der Waals surface area contributed by atoms with E-state index < -0.39 is 0 Å². The number of nitrogens with zero attached hydrogens (tertiary/aromatic N) is 5. The Morgan fingerprint density at radius 3 is 2.89 bits per heavy atom. The molecule has 1 N–H and O–H groups in total. The molecule has 0 aliphatic carbocycles. The van der Waals surface area contributed by atoms with Crippen LogP contribution in [0.3, 0.4) is 0 Å². The van der Waals surface area contributed by atoms with Gasteiger partial charge in [-0.15, -0.1) is 0 Å². The molecule has 1 aliphatic heterocycles. The first-order valence-electron chi connectivity index (χ1n) is 9.09. The van der Waals surface area contributed by atoms with Gasteiger partial charge in [-0.3, -0.25) is 14.3 Å². The van der Waals surface area contributed by atoms with Gasteiger partial charge in [-0.05, 0) is 32.8 Å². The highest BCUT2D eigenvalue weighted by molar-refractivity contribution is 6.06. The lowest BCUT2D eigenvalue weighted by Crippen LogP contribution is -2.39. The summed E-state index contributed by atoms with van der Waals surface area (Å²) in [6, 6.07) is 3.37. The van der Waals surface area contributed by atoms with Crippen molar-refractivity contribution in [2.24, 2.45) is 7.05 Å². The van der Waals surface area contributed by atoms with Crippen LogP contribution in [-0.4, -0.2) is 48.6 Å². The second-order valence-electron chi connectivity index (χ2n) is 7.15. The Morgan fingerprint density at radius 1 is 1.30 bits per heavy atom. The van der Waals surface area contributed by atoms with Gasteiger partial charge in [0.25, 0.3) is 11.5 Å². The van der Waals surface area contributed by atoms with Crippen LogP contribution in [0.25, 0.3) is 11.0 Å². The third-order valence-electron chi connectivity index (χ3n) is 5.15. The summed E-state index contributed by atoms with van der Waals surface area (Å²) >= 11 is 0. The summed E-state index contributed by atoms with van der Waals surface area (Å²) in [7, 11) is 1.84. The van der Waals surface area contributed by atoms with Crippen LogP contribution in [0.2, 0.25) is 0 Å². The number of pyridine rings is 1. The molecule has 8 heteroatoms. The van der Waals surface area contributed by atoms with Gasteiger partial charge in [-0.2, -0.15) is 5.10 Å². The van der Waals surface area contributed by atoms with Crippen molar-refractivity contribution in [3.63, 3.8) is 0 Å². The van der Waals surface area contributed by atoms with Crippen molar-refractivity contribution >= 4 is 16.9 Å². The predicted molar refractivity (Wildman–Crippen MR) is 101 cm³/mol. The highest BCUT2D eigenvalue weighted by Crippen LogP contribution is 2.28. The lowest BCUT2D eigenvalue weighted by molar-refractivity contribution is 0.0707. The summed E-state index contributed by atoms with van der Waals surface area (Å²) in [5.74, 6) is 0.0505. The molecule has 1 fully saturated rings. The number of likely N-dealkylation sites (tertiary alicyclic amines) is 1. The lowest BCUT2D eigenvalue weighted by Gasteiger charge is -2.32. The summed E-state index contributed by atoms with van der Waals surface area (Å²) in [6.45, 7) is 5.03. The lowest BCUT2D eigenvalue weighted by atomic mass is 9.94. The molecule has 1 aliphatic rings. The molecule has 1 amide bonds. The van der Waals surface area contributed by atoms with Crippen LogP contribution in [0.15, 0.2) is 23.3 Å². The van der Waals surface area contributed by atoms with Crippen molar-refractivity contribution in [1.82, 2.24) is 29.6 Å². The fourth-order valence-corrected chi connectivity index (χ4v) is 3.92. The fraction of sp³-hybridized carbons (Fsp3) is 0.421. The van der Waals surface area contributed by atoms with Crippen LogP contribution in [0.1, 0.15) is 46.2 Å². The van der Waals surface area contributed by atoms with Crippen LogP contribution < -0.4 is 5.56 Å². The van der Waals surface area contributed by atoms with Crippen LogP contribution in [0.5, 0.6) is 0 Å². The maximum absolute atomic E-state index is 13.3. The first kappa shape index (κ1) is 17.4. The minimum absolute atomic E-state index is 0.0175. The van der Waals surface area contributed by atoms with E-state index in [1.165, 1.54) is 12.4 Å². The zero-order valence-electron chi connectivity index (χ0n) is 15.7. The van der Waals surface area contributed by atoms with E-state index in [1.807, 2.05) is 31.9 Å². The number of piperidine rings is 1. The molecule has 0 saturated carbocycles. The maximum atomic E-state index is 13.3. The number of H-pyrrole nitrogens is 1. The third-order valence-corrected chi connectivity index (χ3v) is 5.15. The average molecular weight is 366 g/mol. The smallest absolute Gasteiger partial charge is 0.254 e. The Morgan fingerprint density at radius 2 is 2.11 bits per heavy atom. The first-order valence-corrected chi connectivity index (χ1v) is 9.09. The molecule has 0 bridgehead atoms. The molecule has 4 heterocycles. The highest BCUT2D eigenvalue weighted by atomic mass is 16.2. The standard InChI is InChI=1S/C19H22N6O2/c1-11-7-14(17-12(2)23-24(3)18(17)22-11)19(27)25-6-4-5-13(9-25)15-8-16(26)21-10-20-15/h7-8,10,13H,4-6,9H2,1-3H3,(H,20,21,26)/t13-/m0/s1. The van der Waals surface area contributed by atoms with Crippen molar-refractivity contribution in [2.45, 2.75) is 32.6 Å². The molecule has 140 valence electrons. The van der Waals surface area contributed by atoms with Gasteiger partial charge in [0, 0.05) is 37.8 Å². The number of fused-ring (bicyclic) bond motifs is 1. The maximum Gasteiger partial charge on any atom is 0.254 e. The van der Waals surface area contributed by atoms with E-state index in [4.69, 9.17) is 0 Å². The number of aryl methyl sites for hydroxylation is 3. The van der Waals surface area contributed by atoms with Crippen molar-refractivity contribution in [1.29, 1.82) is 0 Å². The van der Waals surface area contributed by atoms with E-state index in [0.717, 1.165) is 41.0 Å². The third kappa shape index (κ3) is 3.11. The minimum Gasteiger partial charge on any atom is -0.338 e. The molecule has 0 spiro atoms. The van der Waals surface area contributed by atoms with E-state index in [2.05, 4.69) is 20.1 Å². The molecule has 4 rings (SSSR count). The van der Waals surface area contributed by atoms with Gasteiger partial charge in [0.1, 0.15) is 0 Å². The first-order chi connectivity index (χ1) is 12.9. The molecule has 0 aromatic carbocycles. The van der Waals surface area contributed by atoms with Crippen molar-refractivity contribution in [3.05, 3.63) is 51.5 Å². The van der Waals surface area contributed by atoms with E-state index in [9.17, 15) is 9.59 Å². The van der Waals surface area contributed by atoms with Crippen LogP contribution in [-0.2, 0) is 7.05 Å². The second kappa shape index (κ2) is 6.61. The zero-order valence-corrected chi connectivity index (χ0v) is 15.7. The number of hydrogen-bond donors (Lipinski definition) is 1. The number of aromatic amines is 1. The van der Waals surface area contributed by atoms with Crippen molar-refractivity contribution in [3.8, 4) is 0 Å². The van der Waals surface area contributed by atoms with Crippen molar-refractivity contribution in [2.75, 3.05) is 13.1 Å². The molecule has 1 saturated heterocycles. The van der Waals surface area contributed by atoms with Crippen LogP contribution in [0, 0.1) is 13.8 Å². The Kier molecular flexibility index (Phi) is 4.25. The predicted octanol–water partition coefficient (Wildman–Crippen LogP) is 1.69. The number of aromatic nitrogens is 5. The molecule has 8 nitrogen and oxygen atoms in total. The number of nitrogens with one attached hydrogen (secondary N) is 1. The van der Waals surface area contributed by atoms with E-state index >= 15 is 0 Å². The Hall–Kier alpha value is -3.03. The molecular weight excluding hydrogens is 344 g/mol. The van der Waals surface area contributed by atoms with Gasteiger partial charge in [0.2, 0.25) is 0 Å². The molecular formula is C19H22N6O2. The Bertz CT molecular complexity index is 1080. The highest BCUT2D eigenvalue weighted by Gasteiger charge is 2.28. The minimum atomic E-state index is -0.166. The monoisotopic (exact) mass is 366 g/mol. The number of carbonyl (C=O) groups is 1. The van der Waals surface area contributed by atoms with Gasteiger partial charge in [0.15, 0.2) is 5.65 Å². The van der Waals surface area contributed by atoms with Gasteiger partial charge in [-0.25, -0.2) is 9.97 Å². The van der Waals surface area contributed by atoms with E-state index in [-0.39, 0.29) is 17.4 Å². The summed E-state index contributed by atoms with van der Waals surface area (Å²) in [5, 5.41) is 5.24. The molecule has 1 atom stereocenters. The summed E-state index contributed by atoms with van der Waals surface area (Å²) < 4.78 is 1.72. The number of amides is 1. The van der Waals surface area contributed by atoms with Crippen LogP contribution >= 0.6 is 0 Å². The van der Waals surface area contributed by atoms with E-state index in [0.29, 0.717) is 18.7 Å². The van der Waals surface area contributed by atoms with Gasteiger partial charge >= 0.3 is 0 Å². The molecule has 3 aromatic heterocycles. The van der Waals surface area contributed by atoms with Gasteiger partial charge in [0.05, 0.1) is 28.7 Å². The van der Waals surface area contributed by atoms with Crippen molar-refractivity contribution < 1.29 is 4.79 Å². The Balaban J connectivity index is 1.69. The van der Waals surface area contributed by atoms with Gasteiger partial charge < -0.3 is 9.88 Å². The fourth-order valence-electron chi connectivity index (χ4n) is 3.92. The number of carbonyl (C=O) groups excluding carboxylic acids is 1. The number of rotatable bonds is 2.